The van der Waals surface area contributed by atoms with Crippen molar-refractivity contribution in [3.05, 3.63) is 76.8 Å². The van der Waals surface area contributed by atoms with Crippen molar-refractivity contribution in [3.63, 3.8) is 0 Å². The minimum atomic E-state index is -0.117. The zero-order valence-electron chi connectivity index (χ0n) is 12.3. The normalized spacial score (nSPS) is 10.6. The summed E-state index contributed by atoms with van der Waals surface area (Å²) in [5, 5.41) is 5.41. The van der Waals surface area contributed by atoms with Crippen molar-refractivity contribution in [1.29, 1.82) is 0 Å². The lowest BCUT2D eigenvalue weighted by atomic mass is 10.0. The van der Waals surface area contributed by atoms with Crippen molar-refractivity contribution >= 4 is 34.0 Å². The van der Waals surface area contributed by atoms with Crippen molar-refractivity contribution in [2.75, 3.05) is 5.32 Å². The molecule has 0 heterocycles. The lowest BCUT2D eigenvalue weighted by Crippen LogP contribution is -2.13. The molecule has 1 N–H and O–H groups in total. The molecular formula is C19H16ClNO. The van der Waals surface area contributed by atoms with Crippen LogP contribution in [0.25, 0.3) is 10.8 Å². The number of nitrogens with one attached hydrogen (secondary N) is 1. The SMILES string of the molecule is CCc1ccccc1NC(=O)c1cccc2c(Cl)cccc12. The molecule has 2 nitrogen and oxygen atoms in total. The first-order valence-electron chi connectivity index (χ1n) is 7.27. The van der Waals surface area contributed by atoms with Gasteiger partial charge in [-0.15, -0.1) is 0 Å². The molecule has 3 aromatic rings. The molecule has 3 heteroatoms. The Bertz CT molecular complexity index is 842. The molecule has 0 aliphatic heterocycles. The summed E-state index contributed by atoms with van der Waals surface area (Å²) in [6.07, 6.45) is 0.873. The van der Waals surface area contributed by atoms with Crippen LogP contribution in [0.4, 0.5) is 5.69 Å². The second-order valence-corrected chi connectivity index (χ2v) is 5.51. The van der Waals surface area contributed by atoms with Gasteiger partial charge in [0.1, 0.15) is 0 Å². The average molecular weight is 310 g/mol. The summed E-state index contributed by atoms with van der Waals surface area (Å²) in [5.41, 5.74) is 2.61. The largest absolute Gasteiger partial charge is 0.322 e. The molecule has 110 valence electrons. The summed E-state index contributed by atoms with van der Waals surface area (Å²) in [6.45, 7) is 2.07. The van der Waals surface area contributed by atoms with Gasteiger partial charge in [0.15, 0.2) is 0 Å². The van der Waals surface area contributed by atoms with Gasteiger partial charge in [-0.05, 0) is 35.6 Å². The highest BCUT2D eigenvalue weighted by Gasteiger charge is 2.12. The van der Waals surface area contributed by atoms with E-state index in [1.807, 2.05) is 60.7 Å². The molecule has 1 amide bonds. The highest BCUT2D eigenvalue weighted by atomic mass is 35.5. The fourth-order valence-corrected chi connectivity index (χ4v) is 2.85. The minimum Gasteiger partial charge on any atom is -0.322 e. The molecule has 0 aliphatic carbocycles. The van der Waals surface area contributed by atoms with E-state index >= 15 is 0 Å². The molecule has 22 heavy (non-hydrogen) atoms. The third-order valence-corrected chi connectivity index (χ3v) is 4.09. The quantitative estimate of drug-likeness (QED) is 0.698. The Morgan fingerprint density at radius 3 is 2.50 bits per heavy atom. The van der Waals surface area contributed by atoms with Crippen LogP contribution >= 0.6 is 11.6 Å². The molecule has 0 atom stereocenters. The van der Waals surface area contributed by atoms with E-state index in [9.17, 15) is 4.79 Å². The average Bonchev–Trinajstić information content (AvgIpc) is 2.55. The Labute approximate surface area is 134 Å². The first kappa shape index (κ1) is 14.6. The van der Waals surface area contributed by atoms with Crippen molar-refractivity contribution in [2.24, 2.45) is 0 Å². The summed E-state index contributed by atoms with van der Waals surface area (Å²) < 4.78 is 0. The van der Waals surface area contributed by atoms with Gasteiger partial charge < -0.3 is 5.32 Å². The molecule has 0 saturated carbocycles. The van der Waals surface area contributed by atoms with Gasteiger partial charge in [-0.25, -0.2) is 0 Å². The van der Waals surface area contributed by atoms with E-state index in [1.165, 1.54) is 0 Å². The van der Waals surface area contributed by atoms with Crippen LogP contribution in [-0.2, 0) is 6.42 Å². The number of fused-ring (bicyclic) bond motifs is 1. The number of benzene rings is 3. The van der Waals surface area contributed by atoms with Gasteiger partial charge in [0.05, 0.1) is 0 Å². The van der Waals surface area contributed by atoms with Gasteiger partial charge in [0, 0.05) is 21.7 Å². The Morgan fingerprint density at radius 2 is 1.68 bits per heavy atom. The number of rotatable bonds is 3. The molecular weight excluding hydrogens is 294 g/mol. The summed E-state index contributed by atoms with van der Waals surface area (Å²) in [6, 6.07) is 19.1. The van der Waals surface area contributed by atoms with E-state index in [0.29, 0.717) is 10.6 Å². The van der Waals surface area contributed by atoms with Crippen LogP contribution in [0.1, 0.15) is 22.8 Å². The van der Waals surface area contributed by atoms with Gasteiger partial charge in [-0.1, -0.05) is 61.0 Å². The summed E-state index contributed by atoms with van der Waals surface area (Å²) in [5.74, 6) is -0.117. The molecule has 0 aromatic heterocycles. The summed E-state index contributed by atoms with van der Waals surface area (Å²) in [7, 11) is 0. The fraction of sp³-hybridized carbons (Fsp3) is 0.105. The van der Waals surface area contributed by atoms with E-state index in [-0.39, 0.29) is 5.91 Å². The van der Waals surface area contributed by atoms with Gasteiger partial charge in [-0.2, -0.15) is 0 Å². The first-order valence-corrected chi connectivity index (χ1v) is 7.65. The lowest BCUT2D eigenvalue weighted by Gasteiger charge is -2.11. The van der Waals surface area contributed by atoms with Crippen molar-refractivity contribution in [1.82, 2.24) is 0 Å². The highest BCUT2D eigenvalue weighted by molar-refractivity contribution is 6.36. The molecule has 3 rings (SSSR count). The fourth-order valence-electron chi connectivity index (χ4n) is 2.61. The number of hydrogen-bond donors (Lipinski definition) is 1. The third kappa shape index (κ3) is 2.70. The van der Waals surface area contributed by atoms with Crippen LogP contribution in [0.2, 0.25) is 5.02 Å². The molecule has 0 fully saturated rings. The Balaban J connectivity index is 2.01. The number of anilines is 1. The second-order valence-electron chi connectivity index (χ2n) is 5.11. The maximum absolute atomic E-state index is 12.7. The van der Waals surface area contributed by atoms with E-state index in [4.69, 9.17) is 11.6 Å². The van der Waals surface area contributed by atoms with Crippen molar-refractivity contribution in [2.45, 2.75) is 13.3 Å². The van der Waals surface area contributed by atoms with Gasteiger partial charge >= 0.3 is 0 Å². The zero-order valence-corrected chi connectivity index (χ0v) is 13.0. The van der Waals surface area contributed by atoms with Crippen molar-refractivity contribution in [3.8, 4) is 0 Å². The monoisotopic (exact) mass is 309 g/mol. The lowest BCUT2D eigenvalue weighted by molar-refractivity contribution is 0.102. The number of para-hydroxylation sites is 1. The van der Waals surface area contributed by atoms with E-state index < -0.39 is 0 Å². The predicted octanol–water partition coefficient (Wildman–Crippen LogP) is 5.31. The zero-order chi connectivity index (χ0) is 15.5. The number of halogens is 1. The number of carbonyl (C=O) groups excluding carboxylic acids is 1. The van der Waals surface area contributed by atoms with E-state index in [0.717, 1.165) is 28.4 Å². The van der Waals surface area contributed by atoms with Crippen LogP contribution in [0, 0.1) is 0 Å². The van der Waals surface area contributed by atoms with Crippen LogP contribution < -0.4 is 5.32 Å². The molecule has 0 unspecified atom stereocenters. The topological polar surface area (TPSA) is 29.1 Å². The standard InChI is InChI=1S/C19H16ClNO/c1-2-13-7-3-4-12-18(13)21-19(22)16-10-5-9-15-14(16)8-6-11-17(15)20/h3-12H,2H2,1H3,(H,21,22). The Kier molecular flexibility index (Phi) is 4.12. The van der Waals surface area contributed by atoms with Crippen LogP contribution in [0.15, 0.2) is 60.7 Å². The molecule has 0 spiro atoms. The number of hydrogen-bond acceptors (Lipinski definition) is 1. The minimum absolute atomic E-state index is 0.117. The number of carbonyl (C=O) groups is 1. The first-order chi connectivity index (χ1) is 10.7. The predicted molar refractivity (Wildman–Crippen MR) is 92.7 cm³/mol. The second kappa shape index (κ2) is 6.20. The highest BCUT2D eigenvalue weighted by Crippen LogP contribution is 2.27. The smallest absolute Gasteiger partial charge is 0.256 e. The Morgan fingerprint density at radius 1 is 0.955 bits per heavy atom. The van der Waals surface area contributed by atoms with Gasteiger partial charge in [0.2, 0.25) is 0 Å². The molecule has 3 aromatic carbocycles. The van der Waals surface area contributed by atoms with Crippen molar-refractivity contribution < 1.29 is 4.79 Å². The van der Waals surface area contributed by atoms with Gasteiger partial charge in [-0.3, -0.25) is 4.79 Å². The van der Waals surface area contributed by atoms with Crippen LogP contribution in [-0.4, -0.2) is 5.91 Å². The third-order valence-electron chi connectivity index (χ3n) is 3.76. The number of amides is 1. The molecule has 0 aliphatic rings. The molecule has 0 radical (unpaired) electrons. The summed E-state index contributed by atoms with van der Waals surface area (Å²) >= 11 is 6.21. The van der Waals surface area contributed by atoms with Gasteiger partial charge in [0.25, 0.3) is 5.91 Å². The van der Waals surface area contributed by atoms with E-state index in [2.05, 4.69) is 12.2 Å². The Hall–Kier alpha value is -2.32. The maximum atomic E-state index is 12.7. The molecule has 0 saturated heterocycles. The maximum Gasteiger partial charge on any atom is 0.256 e. The van der Waals surface area contributed by atoms with E-state index in [1.54, 1.807) is 0 Å². The van der Waals surface area contributed by atoms with Crippen LogP contribution in [0.5, 0.6) is 0 Å². The molecule has 0 bridgehead atoms. The summed E-state index contributed by atoms with van der Waals surface area (Å²) in [4.78, 5) is 12.7. The number of aryl methyl sites for hydroxylation is 1. The van der Waals surface area contributed by atoms with Crippen LogP contribution in [0.3, 0.4) is 0 Å².